The molecule has 7 heteroatoms. The van der Waals surface area contributed by atoms with Crippen molar-refractivity contribution in [1.29, 1.82) is 0 Å². The first-order valence-corrected chi connectivity index (χ1v) is 9.63. The van der Waals surface area contributed by atoms with Gasteiger partial charge in [-0.3, -0.25) is 0 Å². The number of carbonyl (C=O) groups is 1. The van der Waals surface area contributed by atoms with Crippen LogP contribution in [0.2, 0.25) is 0 Å². The van der Waals surface area contributed by atoms with Crippen LogP contribution in [0.15, 0.2) is 42.7 Å². The number of hydrogen-bond donors (Lipinski definition) is 1. The van der Waals surface area contributed by atoms with Gasteiger partial charge in [0.2, 0.25) is 5.92 Å². The fraction of sp³-hybridized carbons (Fsp3) is 0.524. The zero-order valence-corrected chi connectivity index (χ0v) is 16.0. The number of rotatable bonds is 8. The number of unbranched alkanes of at least 4 members (excludes halogenated alkanes) is 1. The highest BCUT2D eigenvalue weighted by Gasteiger charge is 2.54. The van der Waals surface area contributed by atoms with Crippen molar-refractivity contribution in [2.75, 3.05) is 6.61 Å². The lowest BCUT2D eigenvalue weighted by Crippen LogP contribution is -2.44. The number of aryl methyl sites for hydroxylation is 2. The highest BCUT2D eigenvalue weighted by molar-refractivity contribution is 5.81. The molecule has 0 radical (unpaired) electrons. The summed E-state index contributed by atoms with van der Waals surface area (Å²) < 4.78 is 34.8. The van der Waals surface area contributed by atoms with Gasteiger partial charge in [0.25, 0.3) is 0 Å². The molecular formula is C21H26F2N2O3. The summed E-state index contributed by atoms with van der Waals surface area (Å²) in [5, 5.41) is 11.2. The third-order valence-electron chi connectivity index (χ3n) is 5.47. The van der Waals surface area contributed by atoms with E-state index in [-0.39, 0.29) is 19.4 Å². The van der Waals surface area contributed by atoms with Crippen molar-refractivity contribution >= 4 is 5.97 Å². The molecule has 1 aliphatic carbocycles. The number of benzene rings is 1. The van der Waals surface area contributed by atoms with Gasteiger partial charge < -0.3 is 14.4 Å². The van der Waals surface area contributed by atoms with E-state index in [1.54, 1.807) is 36.5 Å². The van der Waals surface area contributed by atoms with Crippen LogP contribution in [0.5, 0.6) is 0 Å². The van der Waals surface area contributed by atoms with Gasteiger partial charge in [-0.1, -0.05) is 30.3 Å². The minimum Gasteiger partial charge on any atom is -0.463 e. The maximum atomic E-state index is 13.8. The second-order valence-electron chi connectivity index (χ2n) is 7.44. The summed E-state index contributed by atoms with van der Waals surface area (Å²) in [4.78, 5) is 16.9. The molecule has 0 unspecified atom stereocenters. The van der Waals surface area contributed by atoms with Gasteiger partial charge >= 0.3 is 5.97 Å². The molecule has 3 rings (SSSR count). The van der Waals surface area contributed by atoms with E-state index in [9.17, 15) is 18.7 Å². The third-order valence-corrected chi connectivity index (χ3v) is 5.47. The molecule has 1 aromatic carbocycles. The molecule has 152 valence electrons. The number of alkyl halides is 2. The van der Waals surface area contributed by atoms with Crippen LogP contribution in [0, 0.1) is 12.8 Å². The van der Waals surface area contributed by atoms with Gasteiger partial charge in [-0.15, -0.1) is 0 Å². The first-order chi connectivity index (χ1) is 13.3. The number of ether oxygens (including phenoxy) is 1. The van der Waals surface area contributed by atoms with E-state index in [0.717, 1.165) is 18.8 Å². The summed E-state index contributed by atoms with van der Waals surface area (Å²) in [6.45, 7) is 2.80. The van der Waals surface area contributed by atoms with Crippen LogP contribution in [0.3, 0.4) is 0 Å². The van der Waals surface area contributed by atoms with Crippen molar-refractivity contribution in [2.24, 2.45) is 5.92 Å². The lowest BCUT2D eigenvalue weighted by molar-refractivity contribution is -0.175. The molecule has 1 heterocycles. The van der Waals surface area contributed by atoms with Crippen molar-refractivity contribution in [1.82, 2.24) is 9.55 Å². The molecule has 1 fully saturated rings. The van der Waals surface area contributed by atoms with Crippen LogP contribution >= 0.6 is 0 Å². The molecule has 0 amide bonds. The van der Waals surface area contributed by atoms with Gasteiger partial charge in [0.15, 0.2) is 5.60 Å². The standard InChI is InChI=1S/C21H26F2N2O3/c1-16-24-11-13-25(16)12-5-6-14-28-19(26)21(27,17-7-3-2-4-8-17)18-9-10-20(22,23)15-18/h2-4,7-8,11,13,18,27H,5-6,9-10,12,14-15H2,1H3/t18-,21+/m1/s1. The van der Waals surface area contributed by atoms with Gasteiger partial charge in [-0.25, -0.2) is 18.6 Å². The number of imidazole rings is 1. The second-order valence-corrected chi connectivity index (χ2v) is 7.44. The van der Waals surface area contributed by atoms with Crippen molar-refractivity contribution in [3.8, 4) is 0 Å². The van der Waals surface area contributed by atoms with Gasteiger partial charge in [-0.2, -0.15) is 0 Å². The van der Waals surface area contributed by atoms with Crippen LogP contribution in [-0.4, -0.2) is 33.2 Å². The quantitative estimate of drug-likeness (QED) is 0.548. The van der Waals surface area contributed by atoms with E-state index >= 15 is 0 Å². The van der Waals surface area contributed by atoms with E-state index in [1.165, 1.54) is 0 Å². The summed E-state index contributed by atoms with van der Waals surface area (Å²) in [6.07, 6.45) is 4.22. The Hall–Kier alpha value is -2.28. The van der Waals surface area contributed by atoms with Crippen molar-refractivity contribution in [3.05, 3.63) is 54.1 Å². The number of halogens is 2. The largest absolute Gasteiger partial charge is 0.463 e. The van der Waals surface area contributed by atoms with Crippen LogP contribution in [0.1, 0.15) is 43.5 Å². The van der Waals surface area contributed by atoms with Crippen LogP contribution in [-0.2, 0) is 21.7 Å². The summed E-state index contributed by atoms with van der Waals surface area (Å²) in [5.74, 6) is -3.67. The molecule has 0 saturated heterocycles. The number of hydrogen-bond acceptors (Lipinski definition) is 4. The maximum Gasteiger partial charge on any atom is 0.343 e. The predicted octanol–water partition coefficient (Wildman–Crippen LogP) is 3.84. The molecule has 1 N–H and O–H groups in total. The molecule has 2 atom stereocenters. The molecule has 0 bridgehead atoms. The van der Waals surface area contributed by atoms with Crippen LogP contribution in [0.25, 0.3) is 0 Å². The van der Waals surface area contributed by atoms with Gasteiger partial charge in [-0.05, 0) is 31.7 Å². The summed E-state index contributed by atoms with van der Waals surface area (Å²) in [6, 6.07) is 8.26. The van der Waals surface area contributed by atoms with Crippen LogP contribution in [0.4, 0.5) is 8.78 Å². The van der Waals surface area contributed by atoms with E-state index in [1.807, 2.05) is 17.7 Å². The fourth-order valence-electron chi connectivity index (χ4n) is 3.82. The van der Waals surface area contributed by atoms with Crippen LogP contribution < -0.4 is 0 Å². The minimum atomic E-state index is -2.86. The van der Waals surface area contributed by atoms with E-state index < -0.39 is 29.8 Å². The molecule has 1 aromatic heterocycles. The monoisotopic (exact) mass is 392 g/mol. The topological polar surface area (TPSA) is 64.4 Å². The lowest BCUT2D eigenvalue weighted by Gasteiger charge is -2.32. The smallest absolute Gasteiger partial charge is 0.343 e. The molecule has 2 aromatic rings. The average Bonchev–Trinajstić information content (AvgIpc) is 3.26. The Morgan fingerprint density at radius 2 is 2.11 bits per heavy atom. The molecular weight excluding hydrogens is 366 g/mol. The number of carbonyl (C=O) groups excluding carboxylic acids is 1. The minimum absolute atomic E-state index is 0.0768. The van der Waals surface area contributed by atoms with Crippen molar-refractivity contribution in [3.63, 3.8) is 0 Å². The zero-order valence-electron chi connectivity index (χ0n) is 16.0. The number of nitrogens with zero attached hydrogens (tertiary/aromatic N) is 2. The average molecular weight is 392 g/mol. The number of aromatic nitrogens is 2. The first kappa shape index (κ1) is 20.5. The molecule has 1 saturated carbocycles. The molecule has 1 aliphatic rings. The van der Waals surface area contributed by atoms with Gasteiger partial charge in [0.1, 0.15) is 5.82 Å². The van der Waals surface area contributed by atoms with Gasteiger partial charge in [0.05, 0.1) is 6.61 Å². The molecule has 0 spiro atoms. The Morgan fingerprint density at radius 1 is 1.36 bits per heavy atom. The lowest BCUT2D eigenvalue weighted by atomic mass is 9.80. The maximum absolute atomic E-state index is 13.8. The Kier molecular flexibility index (Phi) is 6.13. The molecule has 28 heavy (non-hydrogen) atoms. The van der Waals surface area contributed by atoms with E-state index in [0.29, 0.717) is 12.0 Å². The SMILES string of the molecule is Cc1nccn1CCCCOC(=O)[C@](O)(c1ccccc1)[C@@H]1CCC(F)(F)C1. The molecule has 0 aliphatic heterocycles. The number of esters is 1. The first-order valence-electron chi connectivity index (χ1n) is 9.63. The Morgan fingerprint density at radius 3 is 2.71 bits per heavy atom. The Labute approximate surface area is 163 Å². The summed E-state index contributed by atoms with van der Waals surface area (Å²) in [5.41, 5.74) is -1.75. The summed E-state index contributed by atoms with van der Waals surface area (Å²) in [7, 11) is 0. The molecule has 5 nitrogen and oxygen atoms in total. The Bertz CT molecular complexity index is 794. The second kappa shape index (κ2) is 8.39. The van der Waals surface area contributed by atoms with Gasteiger partial charge in [0, 0.05) is 37.7 Å². The fourth-order valence-corrected chi connectivity index (χ4v) is 3.82. The predicted molar refractivity (Wildman–Crippen MR) is 99.8 cm³/mol. The highest BCUT2D eigenvalue weighted by atomic mass is 19.3. The van der Waals surface area contributed by atoms with Crippen molar-refractivity contribution < 1.29 is 23.4 Å². The summed E-state index contributed by atoms with van der Waals surface area (Å²) >= 11 is 0. The number of aliphatic hydroxyl groups is 1. The highest BCUT2D eigenvalue weighted by Crippen LogP contribution is 2.47. The van der Waals surface area contributed by atoms with Crippen molar-refractivity contribution in [2.45, 2.75) is 57.1 Å². The van der Waals surface area contributed by atoms with E-state index in [4.69, 9.17) is 4.74 Å². The van der Waals surface area contributed by atoms with E-state index in [2.05, 4.69) is 4.98 Å². The zero-order chi connectivity index (χ0) is 20.2. The third kappa shape index (κ3) is 4.41. The Balaban J connectivity index is 1.62. The normalized spacial score (nSPS) is 20.6.